The lowest BCUT2D eigenvalue weighted by Gasteiger charge is -2.34. The standard InChI is InChI=1S/C22H25FN2O2/c23-17-5-7-19(8-6-17)25-12-9-18(10-13-25)24-22(26)15-21-20-4-2-1-3-16(20)11-14-27-21/h1-8,18,21H,9-15H2,(H,24,26)/t21-/m1/s1. The molecule has 0 spiro atoms. The number of hydrogen-bond acceptors (Lipinski definition) is 3. The Morgan fingerprint density at radius 1 is 1.11 bits per heavy atom. The van der Waals surface area contributed by atoms with E-state index in [0.717, 1.165) is 43.6 Å². The van der Waals surface area contributed by atoms with Crippen LogP contribution in [0.15, 0.2) is 48.5 Å². The van der Waals surface area contributed by atoms with Crippen molar-refractivity contribution >= 4 is 11.6 Å². The van der Waals surface area contributed by atoms with Gasteiger partial charge in [0, 0.05) is 24.8 Å². The highest BCUT2D eigenvalue weighted by molar-refractivity contribution is 5.77. The Labute approximate surface area is 159 Å². The molecule has 1 saturated heterocycles. The van der Waals surface area contributed by atoms with Crippen molar-refractivity contribution in [2.24, 2.45) is 0 Å². The number of nitrogens with one attached hydrogen (secondary N) is 1. The largest absolute Gasteiger partial charge is 0.373 e. The van der Waals surface area contributed by atoms with Crippen LogP contribution in [0.4, 0.5) is 10.1 Å². The Morgan fingerprint density at radius 2 is 1.85 bits per heavy atom. The van der Waals surface area contributed by atoms with Crippen LogP contribution >= 0.6 is 0 Å². The van der Waals surface area contributed by atoms with Gasteiger partial charge in [-0.3, -0.25) is 4.79 Å². The van der Waals surface area contributed by atoms with Crippen molar-refractivity contribution in [3.63, 3.8) is 0 Å². The molecule has 2 aromatic rings. The van der Waals surface area contributed by atoms with Crippen LogP contribution in [0.25, 0.3) is 0 Å². The van der Waals surface area contributed by atoms with Crippen molar-refractivity contribution in [1.29, 1.82) is 0 Å². The first-order valence-corrected chi connectivity index (χ1v) is 9.68. The lowest BCUT2D eigenvalue weighted by Crippen LogP contribution is -2.45. The summed E-state index contributed by atoms with van der Waals surface area (Å²) in [6.07, 6.45) is 2.93. The fourth-order valence-electron chi connectivity index (χ4n) is 4.03. The minimum absolute atomic E-state index is 0.0527. The highest BCUT2D eigenvalue weighted by Gasteiger charge is 2.25. The van der Waals surface area contributed by atoms with Gasteiger partial charge in [-0.25, -0.2) is 4.39 Å². The van der Waals surface area contributed by atoms with E-state index in [0.29, 0.717) is 13.0 Å². The van der Waals surface area contributed by atoms with E-state index in [-0.39, 0.29) is 23.9 Å². The average molecular weight is 368 g/mol. The number of fused-ring (bicyclic) bond motifs is 1. The average Bonchev–Trinajstić information content (AvgIpc) is 2.69. The van der Waals surface area contributed by atoms with Crippen LogP contribution in [0, 0.1) is 5.82 Å². The Balaban J connectivity index is 1.28. The summed E-state index contributed by atoms with van der Waals surface area (Å²) < 4.78 is 18.9. The second kappa shape index (κ2) is 8.09. The summed E-state index contributed by atoms with van der Waals surface area (Å²) in [5, 5.41) is 3.17. The zero-order valence-corrected chi connectivity index (χ0v) is 15.4. The van der Waals surface area contributed by atoms with Crippen molar-refractivity contribution in [3.05, 3.63) is 65.5 Å². The third-order valence-electron chi connectivity index (χ3n) is 5.52. The molecule has 0 radical (unpaired) electrons. The van der Waals surface area contributed by atoms with Gasteiger partial charge in [0.2, 0.25) is 5.91 Å². The number of ether oxygens (including phenoxy) is 1. The molecule has 5 heteroatoms. The number of rotatable bonds is 4. The van der Waals surface area contributed by atoms with Crippen molar-refractivity contribution < 1.29 is 13.9 Å². The van der Waals surface area contributed by atoms with Gasteiger partial charge in [0.15, 0.2) is 0 Å². The molecule has 4 nitrogen and oxygen atoms in total. The molecule has 1 atom stereocenters. The summed E-state index contributed by atoms with van der Waals surface area (Å²) in [6, 6.07) is 15.0. The number of anilines is 1. The van der Waals surface area contributed by atoms with E-state index in [9.17, 15) is 9.18 Å². The van der Waals surface area contributed by atoms with Gasteiger partial charge in [-0.2, -0.15) is 0 Å². The molecule has 4 rings (SSSR count). The highest BCUT2D eigenvalue weighted by atomic mass is 19.1. The Kier molecular flexibility index (Phi) is 5.39. The van der Waals surface area contributed by atoms with Gasteiger partial charge >= 0.3 is 0 Å². The summed E-state index contributed by atoms with van der Waals surface area (Å²) in [5.74, 6) is -0.163. The number of carbonyl (C=O) groups is 1. The molecule has 142 valence electrons. The molecule has 1 amide bonds. The quantitative estimate of drug-likeness (QED) is 0.896. The van der Waals surface area contributed by atoms with E-state index in [1.807, 2.05) is 24.3 Å². The first-order chi connectivity index (χ1) is 13.2. The monoisotopic (exact) mass is 368 g/mol. The van der Waals surface area contributed by atoms with E-state index in [1.165, 1.54) is 17.7 Å². The maximum atomic E-state index is 13.1. The predicted octanol–water partition coefficient (Wildman–Crippen LogP) is 3.61. The predicted molar refractivity (Wildman–Crippen MR) is 103 cm³/mol. The van der Waals surface area contributed by atoms with Crippen molar-refractivity contribution in [3.8, 4) is 0 Å². The molecular formula is C22H25FN2O2. The van der Waals surface area contributed by atoms with Crippen molar-refractivity contribution in [2.75, 3.05) is 24.6 Å². The summed E-state index contributed by atoms with van der Waals surface area (Å²) in [7, 11) is 0. The zero-order chi connectivity index (χ0) is 18.6. The lowest BCUT2D eigenvalue weighted by molar-refractivity contribution is -0.125. The zero-order valence-electron chi connectivity index (χ0n) is 15.4. The van der Waals surface area contributed by atoms with Gasteiger partial charge in [0.05, 0.1) is 19.1 Å². The van der Waals surface area contributed by atoms with Gasteiger partial charge in [0.1, 0.15) is 5.82 Å². The van der Waals surface area contributed by atoms with Gasteiger partial charge < -0.3 is 15.0 Å². The second-order valence-electron chi connectivity index (χ2n) is 7.32. The molecule has 2 heterocycles. The van der Waals surface area contributed by atoms with Crippen molar-refractivity contribution in [2.45, 2.75) is 37.8 Å². The molecule has 0 aromatic heterocycles. The van der Waals surface area contributed by atoms with Crippen LogP contribution < -0.4 is 10.2 Å². The maximum Gasteiger partial charge on any atom is 0.223 e. The number of hydrogen-bond donors (Lipinski definition) is 1. The molecule has 0 saturated carbocycles. The van der Waals surface area contributed by atoms with E-state index in [2.05, 4.69) is 22.3 Å². The fraction of sp³-hybridized carbons (Fsp3) is 0.409. The van der Waals surface area contributed by atoms with Gasteiger partial charge in [-0.05, 0) is 54.7 Å². The summed E-state index contributed by atoms with van der Waals surface area (Å²) in [6.45, 7) is 2.39. The molecule has 2 aliphatic heterocycles. The fourth-order valence-corrected chi connectivity index (χ4v) is 4.03. The second-order valence-corrected chi connectivity index (χ2v) is 7.32. The minimum atomic E-state index is -0.215. The Hall–Kier alpha value is -2.40. The summed E-state index contributed by atoms with van der Waals surface area (Å²) >= 11 is 0. The normalized spacial score (nSPS) is 20.2. The SMILES string of the molecule is O=C(C[C@H]1OCCc2ccccc21)NC1CCN(c2ccc(F)cc2)CC1. The number of nitrogens with zero attached hydrogens (tertiary/aromatic N) is 1. The molecule has 0 bridgehead atoms. The molecule has 1 N–H and O–H groups in total. The van der Waals surface area contributed by atoms with Crippen molar-refractivity contribution in [1.82, 2.24) is 5.32 Å². The lowest BCUT2D eigenvalue weighted by atomic mass is 9.95. The van der Waals surface area contributed by atoms with Crippen LogP contribution in [0.5, 0.6) is 0 Å². The summed E-state index contributed by atoms with van der Waals surface area (Å²) in [4.78, 5) is 14.8. The number of benzene rings is 2. The van der Waals surface area contributed by atoms with E-state index < -0.39 is 0 Å². The van der Waals surface area contributed by atoms with Gasteiger partial charge in [0.25, 0.3) is 0 Å². The molecule has 0 unspecified atom stereocenters. The number of carbonyl (C=O) groups excluding carboxylic acids is 1. The summed E-state index contributed by atoms with van der Waals surface area (Å²) in [5.41, 5.74) is 3.47. The van der Waals surface area contributed by atoms with E-state index >= 15 is 0 Å². The number of halogens is 1. The van der Waals surface area contributed by atoms with E-state index in [4.69, 9.17) is 4.74 Å². The number of amides is 1. The molecule has 0 aliphatic carbocycles. The molecule has 2 aliphatic rings. The molecule has 27 heavy (non-hydrogen) atoms. The van der Waals surface area contributed by atoms with Gasteiger partial charge in [-0.15, -0.1) is 0 Å². The smallest absolute Gasteiger partial charge is 0.223 e. The molecule has 1 fully saturated rings. The van der Waals surface area contributed by atoms with Crippen LogP contribution in [0.3, 0.4) is 0 Å². The Bertz CT molecular complexity index is 785. The van der Waals surface area contributed by atoms with E-state index in [1.54, 1.807) is 0 Å². The Morgan fingerprint density at radius 3 is 2.63 bits per heavy atom. The van der Waals surface area contributed by atoms with Crippen LogP contribution in [0.2, 0.25) is 0 Å². The third-order valence-corrected chi connectivity index (χ3v) is 5.52. The first-order valence-electron chi connectivity index (χ1n) is 9.68. The number of piperidine rings is 1. The molecule has 2 aromatic carbocycles. The first kappa shape index (κ1) is 18.0. The topological polar surface area (TPSA) is 41.6 Å². The molecular weight excluding hydrogens is 343 g/mol. The van der Waals surface area contributed by atoms with Crippen LogP contribution in [-0.2, 0) is 16.0 Å². The minimum Gasteiger partial charge on any atom is -0.373 e. The third kappa shape index (κ3) is 4.30. The van der Waals surface area contributed by atoms with Crippen LogP contribution in [0.1, 0.15) is 36.5 Å². The highest BCUT2D eigenvalue weighted by Crippen LogP contribution is 2.29. The van der Waals surface area contributed by atoms with Gasteiger partial charge in [-0.1, -0.05) is 24.3 Å². The van der Waals surface area contributed by atoms with Crippen LogP contribution in [-0.4, -0.2) is 31.6 Å². The maximum absolute atomic E-state index is 13.1.